The van der Waals surface area contributed by atoms with E-state index in [1.807, 2.05) is 64.8 Å². The fourth-order valence-corrected chi connectivity index (χ4v) is 4.20. The fraction of sp³-hybridized carbons (Fsp3) is 0.160. The van der Waals surface area contributed by atoms with Crippen LogP contribution >= 0.6 is 8.44 Å². The van der Waals surface area contributed by atoms with Crippen molar-refractivity contribution in [2.24, 2.45) is 4.36 Å². The third-order valence-electron chi connectivity index (χ3n) is 5.15. The van der Waals surface area contributed by atoms with E-state index >= 15 is 0 Å². The van der Waals surface area contributed by atoms with Crippen LogP contribution in [-0.4, -0.2) is 36.8 Å². The number of hydrogen-bond acceptors (Lipinski definition) is 10. The van der Waals surface area contributed by atoms with E-state index in [0.717, 1.165) is 18.8 Å². The molecule has 3 aromatic carbocycles. The maximum atomic E-state index is 12.1. The molecule has 3 N–H and O–H groups in total. The highest BCUT2D eigenvalue weighted by Gasteiger charge is 2.13. The van der Waals surface area contributed by atoms with E-state index in [4.69, 9.17) is 9.47 Å². The number of nitrogens with one attached hydrogen (secondary N) is 2. The molecule has 0 saturated carbocycles. The molecule has 0 fully saturated rings. The lowest BCUT2D eigenvalue weighted by Crippen LogP contribution is -2.21. The van der Waals surface area contributed by atoms with Gasteiger partial charge < -0.3 is 14.4 Å². The normalized spacial score (nSPS) is 12.2. The van der Waals surface area contributed by atoms with Gasteiger partial charge in [0.2, 0.25) is 0 Å². The van der Waals surface area contributed by atoms with Gasteiger partial charge in [-0.25, -0.2) is 4.21 Å². The van der Waals surface area contributed by atoms with Crippen LogP contribution in [0.1, 0.15) is 13.8 Å². The number of benzene rings is 3. The molecule has 4 rings (SSSR count). The van der Waals surface area contributed by atoms with Crippen molar-refractivity contribution in [3.8, 4) is 23.5 Å². The van der Waals surface area contributed by atoms with Crippen molar-refractivity contribution in [1.82, 2.24) is 15.0 Å². The van der Waals surface area contributed by atoms with Crippen LogP contribution < -0.4 is 25.2 Å². The SMILES string of the molecule is CCN(CC)c1ccc(NNc2nc(Oc3ccccc3)nc(Oc3ccccc3)n2)c(N=S(=O)(O)P)c1. The fourth-order valence-electron chi connectivity index (χ4n) is 3.42. The summed E-state index contributed by atoms with van der Waals surface area (Å²) in [6.45, 7) is 5.61. The number of nitrogens with zero attached hydrogens (tertiary/aromatic N) is 5. The van der Waals surface area contributed by atoms with Crippen molar-refractivity contribution >= 4 is 41.1 Å². The second-order valence-electron chi connectivity index (χ2n) is 7.81. The Morgan fingerprint density at radius 3 is 1.92 bits per heavy atom. The van der Waals surface area contributed by atoms with Gasteiger partial charge in [-0.1, -0.05) is 36.4 Å². The second kappa shape index (κ2) is 12.5. The van der Waals surface area contributed by atoms with E-state index in [1.165, 1.54) is 0 Å². The lowest BCUT2D eigenvalue weighted by Gasteiger charge is -2.22. The van der Waals surface area contributed by atoms with Crippen LogP contribution in [0.3, 0.4) is 0 Å². The van der Waals surface area contributed by atoms with Gasteiger partial charge in [-0.15, -0.1) is 4.98 Å². The first-order chi connectivity index (χ1) is 18.3. The minimum atomic E-state index is -3.50. The monoisotopic (exact) mass is 553 g/mol. The Labute approximate surface area is 223 Å². The Morgan fingerprint density at radius 1 is 0.868 bits per heavy atom. The Hall–Kier alpha value is -3.99. The largest absolute Gasteiger partial charge is 0.424 e. The molecule has 0 aliphatic rings. The summed E-state index contributed by atoms with van der Waals surface area (Å²) in [6, 6.07) is 23.5. The molecule has 1 heterocycles. The predicted molar refractivity (Wildman–Crippen MR) is 153 cm³/mol. The van der Waals surface area contributed by atoms with Crippen LogP contribution in [-0.2, 0) is 9.63 Å². The number of hydrogen-bond donors (Lipinski definition) is 3. The predicted octanol–water partition coefficient (Wildman–Crippen LogP) is 6.10. The maximum Gasteiger partial charge on any atom is 0.330 e. The number of anilines is 3. The first-order valence-electron chi connectivity index (χ1n) is 11.7. The smallest absolute Gasteiger partial charge is 0.330 e. The second-order valence-corrected chi connectivity index (χ2v) is 10.9. The van der Waals surface area contributed by atoms with Crippen molar-refractivity contribution in [3.05, 3.63) is 78.9 Å². The molecule has 0 aliphatic carbocycles. The molecule has 0 aliphatic heterocycles. The van der Waals surface area contributed by atoms with Crippen LogP contribution in [0, 0.1) is 0 Å². The van der Waals surface area contributed by atoms with E-state index in [0.29, 0.717) is 17.2 Å². The topological polar surface area (TPSA) is 134 Å². The van der Waals surface area contributed by atoms with E-state index in [9.17, 15) is 8.76 Å². The summed E-state index contributed by atoms with van der Waals surface area (Å²) >= 11 is 0. The highest BCUT2D eigenvalue weighted by Crippen LogP contribution is 2.32. The minimum absolute atomic E-state index is 0.00607. The molecule has 0 amide bonds. The first kappa shape index (κ1) is 27.1. The molecule has 2 atom stereocenters. The Morgan fingerprint density at radius 2 is 1.42 bits per heavy atom. The Balaban J connectivity index is 1.64. The molecule has 1 aromatic heterocycles. The molecular weight excluding hydrogens is 525 g/mol. The van der Waals surface area contributed by atoms with E-state index in [2.05, 4.69) is 35.1 Å². The van der Waals surface area contributed by atoms with Gasteiger partial charge in [0.15, 0.2) is 9.63 Å². The Kier molecular flexibility index (Phi) is 8.90. The van der Waals surface area contributed by atoms with Crippen molar-refractivity contribution in [2.75, 3.05) is 28.8 Å². The first-order valence-corrected chi connectivity index (χ1v) is 14.7. The van der Waals surface area contributed by atoms with E-state index in [-0.39, 0.29) is 23.7 Å². The van der Waals surface area contributed by atoms with Crippen LogP contribution in [0.2, 0.25) is 0 Å². The number of rotatable bonds is 11. The Bertz CT molecular complexity index is 1410. The highest BCUT2D eigenvalue weighted by atomic mass is 32.7. The maximum absolute atomic E-state index is 12.1. The van der Waals surface area contributed by atoms with Crippen LogP contribution in [0.15, 0.2) is 83.2 Å². The van der Waals surface area contributed by atoms with Crippen LogP contribution in [0.4, 0.5) is 23.0 Å². The number of hydrazine groups is 1. The summed E-state index contributed by atoms with van der Waals surface area (Å²) < 4.78 is 37.5. The van der Waals surface area contributed by atoms with Gasteiger partial charge in [-0.2, -0.15) is 14.3 Å². The molecule has 0 radical (unpaired) electrons. The average molecular weight is 554 g/mol. The molecule has 13 heteroatoms. The van der Waals surface area contributed by atoms with Gasteiger partial charge in [0, 0.05) is 18.8 Å². The lowest BCUT2D eigenvalue weighted by molar-refractivity contribution is 0.399. The average Bonchev–Trinajstić information content (AvgIpc) is 2.89. The minimum Gasteiger partial charge on any atom is -0.424 e. The van der Waals surface area contributed by atoms with E-state index < -0.39 is 9.63 Å². The third-order valence-corrected chi connectivity index (χ3v) is 5.92. The molecule has 0 saturated heterocycles. The summed E-state index contributed by atoms with van der Waals surface area (Å²) in [7, 11) is -1.65. The summed E-state index contributed by atoms with van der Waals surface area (Å²) in [4.78, 5) is 15.0. The number of aromatic nitrogens is 3. The molecule has 0 spiro atoms. The molecule has 11 nitrogen and oxygen atoms in total. The van der Waals surface area contributed by atoms with Crippen molar-refractivity contribution in [2.45, 2.75) is 13.8 Å². The van der Waals surface area contributed by atoms with E-state index in [1.54, 1.807) is 36.4 Å². The summed E-state index contributed by atoms with van der Waals surface area (Å²) in [6.07, 6.45) is 0. The van der Waals surface area contributed by atoms with Gasteiger partial charge in [0.05, 0.1) is 5.69 Å². The summed E-state index contributed by atoms with van der Waals surface area (Å²) in [5.41, 5.74) is 7.43. The molecule has 198 valence electrons. The van der Waals surface area contributed by atoms with Gasteiger partial charge in [0.25, 0.3) is 5.95 Å². The summed E-state index contributed by atoms with van der Waals surface area (Å²) in [5, 5.41) is 0. The van der Waals surface area contributed by atoms with Crippen molar-refractivity contribution in [1.29, 1.82) is 0 Å². The standard InChI is InChI=1S/C25H28N7O4PS/c1-3-32(4-2)18-15-16-21(22(17-18)31-38(33,34)37)29-30-23-26-24(35-19-11-7-5-8-12-19)28-25(27-23)36-20-13-9-6-10-14-20/h5-17,29H,3-4,37H2,1-2H3,(H,31,33,34)(H,26,27,28,30). The number of para-hydroxylation sites is 2. The molecular formula is C25H28N7O4PS. The zero-order valence-electron chi connectivity index (χ0n) is 20.8. The molecule has 0 bridgehead atoms. The van der Waals surface area contributed by atoms with Gasteiger partial charge in [-0.3, -0.25) is 15.4 Å². The van der Waals surface area contributed by atoms with Gasteiger partial charge >= 0.3 is 12.0 Å². The highest BCUT2D eigenvalue weighted by molar-refractivity contribution is 8.35. The quantitative estimate of drug-likeness (QED) is 0.148. The van der Waals surface area contributed by atoms with Crippen molar-refractivity contribution in [3.63, 3.8) is 0 Å². The third kappa shape index (κ3) is 7.75. The van der Waals surface area contributed by atoms with Crippen LogP contribution in [0.5, 0.6) is 23.5 Å². The summed E-state index contributed by atoms with van der Waals surface area (Å²) in [5.74, 6) is 1.16. The number of ether oxygens (including phenoxy) is 2. The molecule has 4 aromatic rings. The lowest BCUT2D eigenvalue weighted by atomic mass is 10.2. The molecule has 2 unspecified atom stereocenters. The van der Waals surface area contributed by atoms with Crippen LogP contribution in [0.25, 0.3) is 0 Å². The zero-order chi connectivity index (χ0) is 27.0. The van der Waals surface area contributed by atoms with Gasteiger partial charge in [-0.05, 0) is 64.8 Å². The zero-order valence-corrected chi connectivity index (χ0v) is 22.8. The molecule has 38 heavy (non-hydrogen) atoms. The van der Waals surface area contributed by atoms with Crippen molar-refractivity contribution < 1.29 is 18.2 Å². The van der Waals surface area contributed by atoms with Gasteiger partial charge in [0.1, 0.15) is 17.2 Å².